The van der Waals surface area contributed by atoms with Gasteiger partial charge in [-0.1, -0.05) is 13.8 Å². The Morgan fingerprint density at radius 1 is 1.22 bits per heavy atom. The van der Waals surface area contributed by atoms with E-state index in [1.165, 1.54) is 19.3 Å². The van der Waals surface area contributed by atoms with Crippen LogP contribution in [0.3, 0.4) is 0 Å². The van der Waals surface area contributed by atoms with Crippen molar-refractivity contribution in [3.63, 3.8) is 0 Å². The Bertz CT molecular complexity index is 494. The summed E-state index contributed by atoms with van der Waals surface area (Å²) in [6.45, 7) is 5.46. The van der Waals surface area contributed by atoms with Crippen molar-refractivity contribution in [2.75, 3.05) is 12.3 Å². The van der Waals surface area contributed by atoms with Gasteiger partial charge in [0.05, 0.1) is 5.75 Å². The SMILES string of the molecule is CC1(C)[C@@H]2CC[C@]13CS(=O)(=O)N(CC1CC1)[C@@H]3C2. The van der Waals surface area contributed by atoms with Crippen LogP contribution in [0, 0.1) is 22.7 Å². The molecule has 0 aromatic heterocycles. The average molecular weight is 269 g/mol. The van der Waals surface area contributed by atoms with Gasteiger partial charge in [-0.15, -0.1) is 0 Å². The lowest BCUT2D eigenvalue weighted by Crippen LogP contribution is -2.42. The molecule has 2 bridgehead atoms. The Balaban J connectivity index is 1.76. The summed E-state index contributed by atoms with van der Waals surface area (Å²) in [5.74, 6) is 1.85. The molecule has 18 heavy (non-hydrogen) atoms. The van der Waals surface area contributed by atoms with Crippen molar-refractivity contribution < 1.29 is 8.42 Å². The zero-order valence-electron chi connectivity index (χ0n) is 11.4. The zero-order chi connectivity index (χ0) is 12.8. The predicted octanol–water partition coefficient (Wildman–Crippen LogP) is 2.24. The van der Waals surface area contributed by atoms with E-state index in [1.807, 2.05) is 4.31 Å². The quantitative estimate of drug-likeness (QED) is 0.771. The standard InChI is InChI=1S/C14H23NO2S/c1-13(2)11-5-6-14(13)9-18(16,17)15(12(14)7-11)8-10-3-4-10/h10-12H,3-9H2,1-2H3/t11-,12-,14-/m1/s1. The molecule has 1 spiro atoms. The number of hydrogen-bond donors (Lipinski definition) is 0. The van der Waals surface area contributed by atoms with E-state index in [9.17, 15) is 8.42 Å². The summed E-state index contributed by atoms with van der Waals surface area (Å²) in [6.07, 6.45) is 5.97. The molecule has 1 heterocycles. The van der Waals surface area contributed by atoms with E-state index in [1.54, 1.807) is 0 Å². The van der Waals surface area contributed by atoms with E-state index in [0.717, 1.165) is 25.3 Å². The van der Waals surface area contributed by atoms with Gasteiger partial charge in [-0.05, 0) is 49.4 Å². The van der Waals surface area contributed by atoms with Gasteiger partial charge in [-0.25, -0.2) is 8.42 Å². The lowest BCUT2D eigenvalue weighted by molar-refractivity contribution is 0.112. The Morgan fingerprint density at radius 3 is 2.56 bits per heavy atom. The molecule has 4 aliphatic rings. The molecule has 3 atom stereocenters. The topological polar surface area (TPSA) is 37.4 Å². The summed E-state index contributed by atoms with van der Waals surface area (Å²) in [5.41, 5.74) is 0.300. The summed E-state index contributed by atoms with van der Waals surface area (Å²) in [6, 6.07) is 0.330. The van der Waals surface area contributed by atoms with Gasteiger partial charge in [0.1, 0.15) is 0 Å². The third-order valence-corrected chi connectivity index (χ3v) is 8.67. The van der Waals surface area contributed by atoms with Crippen molar-refractivity contribution in [1.29, 1.82) is 0 Å². The minimum absolute atomic E-state index is 0.0748. The molecule has 3 nitrogen and oxygen atoms in total. The van der Waals surface area contributed by atoms with E-state index < -0.39 is 10.0 Å². The van der Waals surface area contributed by atoms with Gasteiger partial charge < -0.3 is 0 Å². The van der Waals surface area contributed by atoms with Gasteiger partial charge in [-0.3, -0.25) is 0 Å². The molecule has 4 rings (SSSR count). The fourth-order valence-electron chi connectivity index (χ4n) is 5.17. The van der Waals surface area contributed by atoms with Crippen LogP contribution >= 0.6 is 0 Å². The van der Waals surface area contributed by atoms with E-state index in [0.29, 0.717) is 17.7 Å². The summed E-state index contributed by atoms with van der Waals surface area (Å²) >= 11 is 0. The monoisotopic (exact) mass is 269 g/mol. The molecule has 102 valence electrons. The maximum absolute atomic E-state index is 12.5. The van der Waals surface area contributed by atoms with Crippen LogP contribution in [-0.4, -0.2) is 31.1 Å². The summed E-state index contributed by atoms with van der Waals surface area (Å²) < 4.78 is 27.0. The minimum Gasteiger partial charge on any atom is -0.212 e. The smallest absolute Gasteiger partial charge is 0.212 e. The van der Waals surface area contributed by atoms with E-state index in [-0.39, 0.29) is 10.8 Å². The molecular weight excluding hydrogens is 246 g/mol. The van der Waals surface area contributed by atoms with Gasteiger partial charge in [-0.2, -0.15) is 4.31 Å². The van der Waals surface area contributed by atoms with Gasteiger partial charge in [0, 0.05) is 18.0 Å². The molecule has 1 aliphatic heterocycles. The summed E-state index contributed by atoms with van der Waals surface area (Å²) in [4.78, 5) is 0. The average Bonchev–Trinajstić information content (AvgIpc) is 2.97. The molecule has 0 unspecified atom stereocenters. The van der Waals surface area contributed by atoms with Gasteiger partial charge >= 0.3 is 0 Å². The maximum atomic E-state index is 12.5. The van der Waals surface area contributed by atoms with Crippen LogP contribution in [0.4, 0.5) is 0 Å². The highest BCUT2D eigenvalue weighted by molar-refractivity contribution is 7.89. The Kier molecular flexibility index (Phi) is 2.04. The molecule has 0 aromatic rings. The number of fused-ring (bicyclic) bond motifs is 1. The molecule has 4 heteroatoms. The van der Waals surface area contributed by atoms with Gasteiger partial charge in [0.25, 0.3) is 0 Å². The van der Waals surface area contributed by atoms with Crippen molar-refractivity contribution in [2.24, 2.45) is 22.7 Å². The first-order chi connectivity index (χ1) is 8.37. The lowest BCUT2D eigenvalue weighted by Gasteiger charge is -2.37. The number of rotatable bonds is 2. The molecule has 0 amide bonds. The van der Waals surface area contributed by atoms with Crippen molar-refractivity contribution in [1.82, 2.24) is 4.31 Å². The van der Waals surface area contributed by atoms with Crippen LogP contribution < -0.4 is 0 Å². The van der Waals surface area contributed by atoms with E-state index in [4.69, 9.17) is 0 Å². The third-order valence-electron chi connectivity index (χ3n) is 6.67. The molecule has 3 aliphatic carbocycles. The Hall–Kier alpha value is -0.0900. The number of sulfonamides is 1. The largest absolute Gasteiger partial charge is 0.215 e. The zero-order valence-corrected chi connectivity index (χ0v) is 12.2. The van der Waals surface area contributed by atoms with Crippen LogP contribution in [0.25, 0.3) is 0 Å². The Labute approximate surface area is 110 Å². The first-order valence-electron chi connectivity index (χ1n) is 7.36. The van der Waals surface area contributed by atoms with Crippen molar-refractivity contribution in [2.45, 2.75) is 52.0 Å². The van der Waals surface area contributed by atoms with Crippen LogP contribution in [0.5, 0.6) is 0 Å². The second-order valence-electron chi connectivity index (χ2n) is 7.63. The first-order valence-corrected chi connectivity index (χ1v) is 8.97. The van der Waals surface area contributed by atoms with Crippen LogP contribution in [0.1, 0.15) is 46.0 Å². The van der Waals surface area contributed by atoms with Crippen molar-refractivity contribution in [3.05, 3.63) is 0 Å². The molecule has 3 saturated carbocycles. The van der Waals surface area contributed by atoms with E-state index >= 15 is 0 Å². The lowest BCUT2D eigenvalue weighted by atomic mass is 9.69. The fourth-order valence-corrected chi connectivity index (χ4v) is 7.81. The van der Waals surface area contributed by atoms with Crippen LogP contribution in [0.15, 0.2) is 0 Å². The van der Waals surface area contributed by atoms with Crippen molar-refractivity contribution >= 4 is 10.0 Å². The molecule has 0 aromatic carbocycles. The summed E-state index contributed by atoms with van der Waals surface area (Å²) in [5, 5.41) is 0. The second kappa shape index (κ2) is 3.14. The second-order valence-corrected chi connectivity index (χ2v) is 9.56. The Morgan fingerprint density at radius 2 is 1.94 bits per heavy atom. The number of hydrogen-bond acceptors (Lipinski definition) is 2. The molecular formula is C14H23NO2S. The fraction of sp³-hybridized carbons (Fsp3) is 1.00. The van der Waals surface area contributed by atoms with E-state index in [2.05, 4.69) is 13.8 Å². The predicted molar refractivity (Wildman–Crippen MR) is 70.6 cm³/mol. The molecule has 0 radical (unpaired) electrons. The molecule has 0 N–H and O–H groups in total. The number of nitrogens with zero attached hydrogens (tertiary/aromatic N) is 1. The summed E-state index contributed by atoms with van der Waals surface area (Å²) in [7, 11) is -2.98. The highest BCUT2D eigenvalue weighted by Crippen LogP contribution is 2.70. The molecule has 4 fully saturated rings. The third kappa shape index (κ3) is 1.22. The highest BCUT2D eigenvalue weighted by atomic mass is 32.2. The maximum Gasteiger partial charge on any atom is 0.215 e. The highest BCUT2D eigenvalue weighted by Gasteiger charge is 2.71. The minimum atomic E-state index is -2.98. The van der Waals surface area contributed by atoms with Gasteiger partial charge in [0.2, 0.25) is 10.0 Å². The van der Waals surface area contributed by atoms with Gasteiger partial charge in [0.15, 0.2) is 0 Å². The van der Waals surface area contributed by atoms with Crippen LogP contribution in [-0.2, 0) is 10.0 Å². The molecule has 1 saturated heterocycles. The normalized spacial score (nSPS) is 48.6. The first kappa shape index (κ1) is 11.7. The van der Waals surface area contributed by atoms with Crippen molar-refractivity contribution in [3.8, 4) is 0 Å². The van der Waals surface area contributed by atoms with Crippen LogP contribution in [0.2, 0.25) is 0 Å².